The maximum atomic E-state index is 12.7. The van der Waals surface area contributed by atoms with E-state index in [-0.39, 0.29) is 17.5 Å². The maximum Gasteiger partial charge on any atom is 0.292 e. The van der Waals surface area contributed by atoms with Crippen LogP contribution in [-0.4, -0.2) is 21.5 Å². The average molecular weight is 341 g/mol. The Bertz CT molecular complexity index is 812. The smallest absolute Gasteiger partial charge is 0.292 e. The van der Waals surface area contributed by atoms with Crippen LogP contribution >= 0.6 is 0 Å². The number of carbonyl (C=O) groups excluding carboxylic acids is 2. The Labute approximate surface area is 146 Å². The van der Waals surface area contributed by atoms with Crippen molar-refractivity contribution in [1.29, 1.82) is 0 Å². The number of fused-ring (bicyclic) bond motifs is 1. The van der Waals surface area contributed by atoms with Crippen molar-refractivity contribution in [2.24, 2.45) is 0 Å². The van der Waals surface area contributed by atoms with Crippen LogP contribution in [0.15, 0.2) is 16.7 Å². The van der Waals surface area contributed by atoms with Crippen molar-refractivity contribution < 1.29 is 14.0 Å². The number of anilines is 1. The van der Waals surface area contributed by atoms with Gasteiger partial charge >= 0.3 is 0 Å². The Kier molecular flexibility index (Phi) is 4.19. The molecule has 1 saturated carbocycles. The van der Waals surface area contributed by atoms with E-state index in [2.05, 4.69) is 10.4 Å². The Morgan fingerprint density at radius 2 is 2.04 bits per heavy atom. The zero-order valence-corrected chi connectivity index (χ0v) is 14.5. The third-order valence-electron chi connectivity index (χ3n) is 5.34. The predicted octanol–water partition coefficient (Wildman–Crippen LogP) is 4.06. The summed E-state index contributed by atoms with van der Waals surface area (Å²) >= 11 is 0. The molecule has 2 aromatic rings. The minimum Gasteiger partial charge on any atom is -0.455 e. The number of hydrogen-bond donors (Lipinski definition) is 1. The largest absolute Gasteiger partial charge is 0.455 e. The lowest BCUT2D eigenvalue weighted by Gasteiger charge is -2.23. The lowest BCUT2D eigenvalue weighted by molar-refractivity contribution is 0.0963. The monoisotopic (exact) mass is 341 g/mol. The minimum atomic E-state index is -0.308. The summed E-state index contributed by atoms with van der Waals surface area (Å²) in [7, 11) is 0. The first kappa shape index (κ1) is 16.1. The molecule has 2 aliphatic carbocycles. The van der Waals surface area contributed by atoms with Gasteiger partial charge in [0.2, 0.25) is 0 Å². The molecular weight excluding hydrogens is 318 g/mol. The second kappa shape index (κ2) is 6.50. The fourth-order valence-corrected chi connectivity index (χ4v) is 4.07. The van der Waals surface area contributed by atoms with E-state index in [1.54, 1.807) is 13.1 Å². The summed E-state index contributed by atoms with van der Waals surface area (Å²) in [6.07, 6.45) is 9.60. The number of nitrogens with one attached hydrogen (secondary N) is 1. The van der Waals surface area contributed by atoms with Crippen molar-refractivity contribution in [1.82, 2.24) is 9.78 Å². The van der Waals surface area contributed by atoms with Crippen molar-refractivity contribution >= 4 is 17.5 Å². The number of rotatable bonds is 3. The summed E-state index contributed by atoms with van der Waals surface area (Å²) in [4.78, 5) is 24.8. The van der Waals surface area contributed by atoms with Crippen LogP contribution in [0.5, 0.6) is 0 Å². The van der Waals surface area contributed by atoms with Gasteiger partial charge in [0.25, 0.3) is 5.91 Å². The molecule has 1 fully saturated rings. The lowest BCUT2D eigenvalue weighted by Crippen LogP contribution is -2.20. The number of aryl methyl sites for hydroxylation is 1. The van der Waals surface area contributed by atoms with E-state index >= 15 is 0 Å². The van der Waals surface area contributed by atoms with Crippen molar-refractivity contribution in [3.63, 3.8) is 0 Å². The highest BCUT2D eigenvalue weighted by molar-refractivity contribution is 6.07. The quantitative estimate of drug-likeness (QED) is 0.913. The molecule has 6 nitrogen and oxygen atoms in total. The summed E-state index contributed by atoms with van der Waals surface area (Å²) in [5, 5.41) is 7.33. The number of ketones is 1. The molecule has 0 radical (unpaired) electrons. The van der Waals surface area contributed by atoms with Crippen LogP contribution in [0.1, 0.15) is 83.2 Å². The fraction of sp³-hybridized carbons (Fsp3) is 0.526. The van der Waals surface area contributed by atoms with Gasteiger partial charge in [-0.3, -0.25) is 9.59 Å². The molecule has 1 N–H and O–H groups in total. The minimum absolute atomic E-state index is 0.0776. The van der Waals surface area contributed by atoms with Gasteiger partial charge in [0.1, 0.15) is 11.6 Å². The SMILES string of the molecule is Cc1c(C(=O)Nc2ccnn2C2CCCCC2)oc2c1C(=O)CCC2. The molecule has 0 aliphatic heterocycles. The van der Waals surface area contributed by atoms with E-state index in [9.17, 15) is 9.59 Å². The molecular formula is C19H23N3O3. The van der Waals surface area contributed by atoms with Crippen LogP contribution < -0.4 is 5.32 Å². The summed E-state index contributed by atoms with van der Waals surface area (Å²) in [5.41, 5.74) is 1.26. The first-order valence-electron chi connectivity index (χ1n) is 9.15. The molecule has 2 aliphatic rings. The maximum absolute atomic E-state index is 12.7. The third kappa shape index (κ3) is 2.90. The van der Waals surface area contributed by atoms with Crippen molar-refractivity contribution in [3.8, 4) is 0 Å². The fourth-order valence-electron chi connectivity index (χ4n) is 4.07. The van der Waals surface area contributed by atoms with Crippen LogP contribution in [0.4, 0.5) is 5.82 Å². The Balaban J connectivity index is 1.57. The first-order chi connectivity index (χ1) is 12.1. The molecule has 1 amide bonds. The van der Waals surface area contributed by atoms with Gasteiger partial charge in [-0.05, 0) is 26.2 Å². The van der Waals surface area contributed by atoms with Gasteiger partial charge in [0, 0.05) is 24.5 Å². The number of amides is 1. The molecule has 0 aromatic carbocycles. The van der Waals surface area contributed by atoms with E-state index in [1.165, 1.54) is 19.3 Å². The zero-order chi connectivity index (χ0) is 17.4. The second-order valence-corrected chi connectivity index (χ2v) is 7.04. The van der Waals surface area contributed by atoms with Crippen molar-refractivity contribution in [2.75, 3.05) is 5.32 Å². The number of aromatic nitrogens is 2. The van der Waals surface area contributed by atoms with E-state index in [1.807, 2.05) is 10.7 Å². The van der Waals surface area contributed by atoms with Crippen molar-refractivity contribution in [3.05, 3.63) is 34.9 Å². The van der Waals surface area contributed by atoms with Crippen LogP contribution in [0.25, 0.3) is 0 Å². The number of hydrogen-bond acceptors (Lipinski definition) is 4. The van der Waals surface area contributed by atoms with Gasteiger partial charge in [-0.25, -0.2) is 4.68 Å². The highest BCUT2D eigenvalue weighted by Crippen LogP contribution is 2.32. The molecule has 0 atom stereocenters. The highest BCUT2D eigenvalue weighted by atomic mass is 16.4. The molecule has 0 spiro atoms. The summed E-state index contributed by atoms with van der Waals surface area (Å²) in [6, 6.07) is 2.15. The number of Topliss-reactive ketones (excluding diaryl/α,β-unsaturated/α-hetero) is 1. The molecule has 0 bridgehead atoms. The molecule has 132 valence electrons. The van der Waals surface area contributed by atoms with E-state index in [0.717, 1.165) is 25.7 Å². The highest BCUT2D eigenvalue weighted by Gasteiger charge is 2.29. The third-order valence-corrected chi connectivity index (χ3v) is 5.34. The van der Waals surface area contributed by atoms with Gasteiger partial charge in [-0.15, -0.1) is 0 Å². The van der Waals surface area contributed by atoms with Crippen LogP contribution in [0, 0.1) is 6.92 Å². The molecule has 0 unspecified atom stereocenters. The molecule has 2 aromatic heterocycles. The van der Waals surface area contributed by atoms with Crippen LogP contribution in [0.3, 0.4) is 0 Å². The Morgan fingerprint density at radius 1 is 1.24 bits per heavy atom. The van der Waals surface area contributed by atoms with Gasteiger partial charge in [-0.2, -0.15) is 5.10 Å². The van der Waals surface area contributed by atoms with Gasteiger partial charge < -0.3 is 9.73 Å². The first-order valence-corrected chi connectivity index (χ1v) is 9.15. The molecule has 0 saturated heterocycles. The average Bonchev–Trinajstić information content (AvgIpc) is 3.21. The van der Waals surface area contributed by atoms with E-state index in [0.29, 0.717) is 35.2 Å². The molecule has 4 rings (SSSR count). The van der Waals surface area contributed by atoms with E-state index in [4.69, 9.17) is 4.42 Å². The number of furan rings is 1. The Morgan fingerprint density at radius 3 is 2.80 bits per heavy atom. The van der Waals surface area contributed by atoms with Crippen LogP contribution in [-0.2, 0) is 6.42 Å². The van der Waals surface area contributed by atoms with Crippen molar-refractivity contribution in [2.45, 2.75) is 64.3 Å². The Hall–Kier alpha value is -2.37. The molecule has 6 heteroatoms. The topological polar surface area (TPSA) is 77.1 Å². The molecule has 2 heterocycles. The van der Waals surface area contributed by atoms with Crippen LogP contribution in [0.2, 0.25) is 0 Å². The van der Waals surface area contributed by atoms with Gasteiger partial charge in [-0.1, -0.05) is 19.3 Å². The predicted molar refractivity (Wildman–Crippen MR) is 93.0 cm³/mol. The summed E-state index contributed by atoms with van der Waals surface area (Å²) in [5.74, 6) is 1.36. The summed E-state index contributed by atoms with van der Waals surface area (Å²) < 4.78 is 7.66. The normalized spacial score (nSPS) is 18.2. The zero-order valence-electron chi connectivity index (χ0n) is 14.5. The second-order valence-electron chi connectivity index (χ2n) is 7.04. The summed E-state index contributed by atoms with van der Waals surface area (Å²) in [6.45, 7) is 1.79. The van der Waals surface area contributed by atoms with Gasteiger partial charge in [0.15, 0.2) is 11.5 Å². The van der Waals surface area contributed by atoms with Gasteiger partial charge in [0.05, 0.1) is 17.8 Å². The number of carbonyl (C=O) groups is 2. The number of nitrogens with zero attached hydrogens (tertiary/aromatic N) is 2. The standard InChI is InChI=1S/C19H23N3O3/c1-12-17-14(23)8-5-9-15(17)25-18(12)19(24)21-16-10-11-20-22(16)13-6-3-2-4-7-13/h10-11,13H,2-9H2,1H3,(H,21,24). The lowest BCUT2D eigenvalue weighted by atomic mass is 9.94. The van der Waals surface area contributed by atoms with E-state index < -0.39 is 0 Å². The molecule has 25 heavy (non-hydrogen) atoms.